The number of hydrogen-bond donors (Lipinski definition) is 1. The highest BCUT2D eigenvalue weighted by molar-refractivity contribution is 6.30. The number of hydroxylamine groups is 1. The summed E-state index contributed by atoms with van der Waals surface area (Å²) in [5, 5.41) is 0.456. The first-order valence-corrected chi connectivity index (χ1v) is 5.94. The number of halogens is 3. The van der Waals surface area contributed by atoms with Gasteiger partial charge in [-0.15, -0.1) is 0 Å². The first-order valence-electron chi connectivity index (χ1n) is 5.57. The minimum absolute atomic E-state index is 0.0926. The molecule has 0 aliphatic heterocycles. The van der Waals surface area contributed by atoms with E-state index >= 15 is 0 Å². The average Bonchev–Trinajstić information content (AvgIpc) is 2.27. The summed E-state index contributed by atoms with van der Waals surface area (Å²) in [6.45, 7) is 1.93. The molecule has 0 unspecified atom stereocenters. The molecule has 0 amide bonds. The Balaban J connectivity index is 2.58. The SMILES string of the molecule is CC(C)CONCc1cc(Cl)ccc1OC(F)F. The number of rotatable bonds is 7. The monoisotopic (exact) mass is 279 g/mol. The van der Waals surface area contributed by atoms with Crippen LogP contribution in [0.3, 0.4) is 0 Å². The fourth-order valence-corrected chi connectivity index (χ4v) is 1.45. The minimum atomic E-state index is -2.86. The standard InChI is InChI=1S/C12H16ClF2NO2/c1-8(2)7-17-16-6-9-5-10(13)3-4-11(9)18-12(14)15/h3-5,8,12,16H,6-7H2,1-2H3. The number of nitrogens with one attached hydrogen (secondary N) is 1. The van der Waals surface area contributed by atoms with Gasteiger partial charge in [-0.3, -0.25) is 0 Å². The number of alkyl halides is 2. The van der Waals surface area contributed by atoms with Crippen molar-refractivity contribution in [3.63, 3.8) is 0 Å². The van der Waals surface area contributed by atoms with Crippen molar-refractivity contribution in [1.29, 1.82) is 0 Å². The van der Waals surface area contributed by atoms with Crippen molar-refractivity contribution in [2.75, 3.05) is 6.61 Å². The molecule has 0 saturated carbocycles. The van der Waals surface area contributed by atoms with Crippen LogP contribution in [0.2, 0.25) is 5.02 Å². The largest absolute Gasteiger partial charge is 0.434 e. The molecule has 1 rings (SSSR count). The second kappa shape index (κ2) is 7.51. The lowest BCUT2D eigenvalue weighted by atomic mass is 10.2. The highest BCUT2D eigenvalue weighted by Gasteiger charge is 2.10. The van der Waals surface area contributed by atoms with Gasteiger partial charge in [-0.05, 0) is 24.1 Å². The van der Waals surface area contributed by atoms with Gasteiger partial charge < -0.3 is 9.57 Å². The minimum Gasteiger partial charge on any atom is -0.434 e. The van der Waals surface area contributed by atoms with E-state index in [4.69, 9.17) is 16.4 Å². The fraction of sp³-hybridized carbons (Fsp3) is 0.500. The van der Waals surface area contributed by atoms with Gasteiger partial charge in [0.2, 0.25) is 0 Å². The molecule has 0 aliphatic rings. The number of benzene rings is 1. The summed E-state index contributed by atoms with van der Waals surface area (Å²) >= 11 is 5.80. The summed E-state index contributed by atoms with van der Waals surface area (Å²) in [7, 11) is 0. The molecule has 1 aromatic rings. The van der Waals surface area contributed by atoms with E-state index in [1.54, 1.807) is 6.07 Å². The van der Waals surface area contributed by atoms with Gasteiger partial charge in [-0.1, -0.05) is 25.4 Å². The third-order valence-electron chi connectivity index (χ3n) is 2.02. The van der Waals surface area contributed by atoms with Crippen molar-refractivity contribution < 1.29 is 18.4 Å². The highest BCUT2D eigenvalue weighted by Crippen LogP contribution is 2.24. The van der Waals surface area contributed by atoms with Crippen LogP contribution in [0, 0.1) is 5.92 Å². The van der Waals surface area contributed by atoms with Crippen molar-refractivity contribution in [2.45, 2.75) is 27.0 Å². The quantitative estimate of drug-likeness (QED) is 0.611. The third kappa shape index (κ3) is 5.62. The molecule has 0 radical (unpaired) electrons. The summed E-state index contributed by atoms with van der Waals surface area (Å²) in [4.78, 5) is 5.16. The lowest BCUT2D eigenvalue weighted by Gasteiger charge is -2.12. The molecule has 0 aromatic heterocycles. The summed E-state index contributed by atoms with van der Waals surface area (Å²) in [5.41, 5.74) is 3.21. The summed E-state index contributed by atoms with van der Waals surface area (Å²) in [6, 6.07) is 4.47. The smallest absolute Gasteiger partial charge is 0.387 e. The molecule has 0 aliphatic carbocycles. The Morgan fingerprint density at radius 2 is 2.06 bits per heavy atom. The van der Waals surface area contributed by atoms with E-state index in [0.717, 1.165) is 0 Å². The van der Waals surface area contributed by atoms with Crippen LogP contribution in [0.25, 0.3) is 0 Å². The average molecular weight is 280 g/mol. The Bertz CT molecular complexity index is 375. The second-order valence-corrected chi connectivity index (χ2v) is 4.59. The molecule has 0 fully saturated rings. The summed E-state index contributed by atoms with van der Waals surface area (Å²) < 4.78 is 28.8. The molecule has 1 aromatic carbocycles. The van der Waals surface area contributed by atoms with Gasteiger partial charge in [0.15, 0.2) is 0 Å². The fourth-order valence-electron chi connectivity index (χ4n) is 1.25. The Morgan fingerprint density at radius 1 is 1.33 bits per heavy atom. The van der Waals surface area contributed by atoms with Crippen LogP contribution >= 0.6 is 11.6 Å². The van der Waals surface area contributed by atoms with E-state index in [2.05, 4.69) is 10.2 Å². The Morgan fingerprint density at radius 3 is 2.67 bits per heavy atom. The molecule has 3 nitrogen and oxygen atoms in total. The molecule has 102 valence electrons. The molecule has 0 bridgehead atoms. The maximum Gasteiger partial charge on any atom is 0.387 e. The first-order chi connectivity index (χ1) is 8.49. The van der Waals surface area contributed by atoms with Crippen LogP contribution in [0.15, 0.2) is 18.2 Å². The van der Waals surface area contributed by atoms with Crippen LogP contribution in [0.4, 0.5) is 8.78 Å². The maximum atomic E-state index is 12.2. The zero-order chi connectivity index (χ0) is 13.5. The van der Waals surface area contributed by atoms with Crippen LogP contribution in [0.1, 0.15) is 19.4 Å². The van der Waals surface area contributed by atoms with Crippen LogP contribution in [0.5, 0.6) is 5.75 Å². The van der Waals surface area contributed by atoms with Crippen LogP contribution < -0.4 is 10.2 Å². The Labute approximate surface area is 110 Å². The van der Waals surface area contributed by atoms with E-state index in [-0.39, 0.29) is 12.3 Å². The van der Waals surface area contributed by atoms with Gasteiger partial charge in [0, 0.05) is 17.1 Å². The maximum absolute atomic E-state index is 12.2. The van der Waals surface area contributed by atoms with Gasteiger partial charge >= 0.3 is 6.61 Å². The van der Waals surface area contributed by atoms with Crippen molar-refractivity contribution in [3.8, 4) is 5.75 Å². The van der Waals surface area contributed by atoms with Crippen molar-refractivity contribution in [1.82, 2.24) is 5.48 Å². The summed E-state index contributed by atoms with van der Waals surface area (Å²) in [6.07, 6.45) is 0. The third-order valence-corrected chi connectivity index (χ3v) is 2.26. The van der Waals surface area contributed by atoms with Gasteiger partial charge in [0.1, 0.15) is 5.75 Å². The lowest BCUT2D eigenvalue weighted by Crippen LogP contribution is -2.18. The van der Waals surface area contributed by atoms with Crippen LogP contribution in [-0.2, 0) is 11.4 Å². The van der Waals surface area contributed by atoms with Gasteiger partial charge in [-0.25, -0.2) is 0 Å². The Kier molecular flexibility index (Phi) is 6.32. The number of ether oxygens (including phenoxy) is 1. The zero-order valence-electron chi connectivity index (χ0n) is 10.3. The summed E-state index contributed by atoms with van der Waals surface area (Å²) in [5.74, 6) is 0.476. The molecule has 18 heavy (non-hydrogen) atoms. The van der Waals surface area contributed by atoms with Gasteiger partial charge in [0.25, 0.3) is 0 Å². The molecule has 1 N–H and O–H groups in total. The molecular weight excluding hydrogens is 264 g/mol. The number of hydrogen-bond acceptors (Lipinski definition) is 3. The second-order valence-electron chi connectivity index (χ2n) is 4.16. The van der Waals surface area contributed by atoms with E-state index in [1.165, 1.54) is 12.1 Å². The predicted molar refractivity (Wildman–Crippen MR) is 65.7 cm³/mol. The molecule has 6 heteroatoms. The molecular formula is C12H16ClF2NO2. The van der Waals surface area contributed by atoms with Crippen molar-refractivity contribution in [3.05, 3.63) is 28.8 Å². The molecule has 0 spiro atoms. The van der Waals surface area contributed by atoms with E-state index < -0.39 is 6.61 Å². The Hall–Kier alpha value is -0.910. The molecule has 0 atom stereocenters. The molecule has 0 heterocycles. The van der Waals surface area contributed by atoms with Gasteiger partial charge in [-0.2, -0.15) is 14.3 Å². The first kappa shape index (κ1) is 15.1. The topological polar surface area (TPSA) is 30.5 Å². The van der Waals surface area contributed by atoms with E-state index in [0.29, 0.717) is 23.1 Å². The van der Waals surface area contributed by atoms with Gasteiger partial charge in [0.05, 0.1) is 6.61 Å². The normalized spacial score (nSPS) is 11.3. The lowest BCUT2D eigenvalue weighted by molar-refractivity contribution is -0.0512. The van der Waals surface area contributed by atoms with Crippen LogP contribution in [-0.4, -0.2) is 13.2 Å². The van der Waals surface area contributed by atoms with Crippen molar-refractivity contribution >= 4 is 11.6 Å². The van der Waals surface area contributed by atoms with Crippen molar-refractivity contribution in [2.24, 2.45) is 5.92 Å². The van der Waals surface area contributed by atoms with E-state index in [9.17, 15) is 8.78 Å². The highest BCUT2D eigenvalue weighted by atomic mass is 35.5. The van der Waals surface area contributed by atoms with E-state index in [1.807, 2.05) is 13.8 Å². The molecule has 0 saturated heterocycles. The zero-order valence-corrected chi connectivity index (χ0v) is 11.0. The predicted octanol–water partition coefficient (Wildman–Crippen LogP) is 3.62.